The first kappa shape index (κ1) is 15.6. The lowest BCUT2D eigenvalue weighted by molar-refractivity contribution is -0.121. The van der Waals surface area contributed by atoms with Crippen LogP contribution >= 0.6 is 15.9 Å². The van der Waals surface area contributed by atoms with E-state index in [-0.39, 0.29) is 5.91 Å². The van der Waals surface area contributed by atoms with Crippen LogP contribution in [0.3, 0.4) is 0 Å². The number of hydrogen-bond acceptors (Lipinski definition) is 1. The Morgan fingerprint density at radius 3 is 2.55 bits per heavy atom. The van der Waals surface area contributed by atoms with Crippen LogP contribution in [0, 0.1) is 5.92 Å². The molecule has 20 heavy (non-hydrogen) atoms. The number of benzene rings is 1. The Morgan fingerprint density at radius 2 is 1.85 bits per heavy atom. The third kappa shape index (κ3) is 5.66. The first-order valence-corrected chi connectivity index (χ1v) is 8.60. The summed E-state index contributed by atoms with van der Waals surface area (Å²) in [5, 5.41) is 3.10. The van der Waals surface area contributed by atoms with Gasteiger partial charge in [0, 0.05) is 17.8 Å². The maximum Gasteiger partial charge on any atom is 0.220 e. The molecule has 2 rings (SSSR count). The second-order valence-electron chi connectivity index (χ2n) is 5.76. The summed E-state index contributed by atoms with van der Waals surface area (Å²) in [7, 11) is 0. The Labute approximate surface area is 130 Å². The van der Waals surface area contributed by atoms with E-state index in [4.69, 9.17) is 0 Å². The number of hydrogen-bond donors (Lipinski definition) is 1. The molecule has 1 fully saturated rings. The van der Waals surface area contributed by atoms with Crippen LogP contribution in [-0.2, 0) is 11.2 Å². The molecule has 0 aliphatic heterocycles. The molecule has 1 aromatic rings. The number of carbonyl (C=O) groups excluding carboxylic acids is 1. The molecule has 3 heteroatoms. The van der Waals surface area contributed by atoms with Gasteiger partial charge < -0.3 is 5.32 Å². The van der Waals surface area contributed by atoms with Crippen molar-refractivity contribution in [3.63, 3.8) is 0 Å². The Kier molecular flexibility index (Phi) is 6.58. The van der Waals surface area contributed by atoms with E-state index < -0.39 is 0 Å². The second-order valence-corrected chi connectivity index (χ2v) is 7.06. The number of nitrogens with one attached hydrogen (secondary N) is 1. The summed E-state index contributed by atoms with van der Waals surface area (Å²) in [5.74, 6) is 0.892. The molecule has 1 aromatic carbocycles. The molecule has 1 N–H and O–H groups in total. The van der Waals surface area contributed by atoms with Crippen molar-refractivity contribution in [2.24, 2.45) is 5.92 Å². The summed E-state index contributed by atoms with van der Waals surface area (Å²) < 4.78 is 0. The van der Waals surface area contributed by atoms with Crippen molar-refractivity contribution < 1.29 is 4.79 Å². The van der Waals surface area contributed by atoms with Crippen LogP contribution in [-0.4, -0.2) is 17.3 Å². The number of amides is 1. The highest BCUT2D eigenvalue weighted by molar-refractivity contribution is 9.09. The third-order valence-corrected chi connectivity index (χ3v) is 4.99. The minimum atomic E-state index is 0.210. The van der Waals surface area contributed by atoms with Gasteiger partial charge in [-0.2, -0.15) is 0 Å². The molecule has 1 saturated carbocycles. The first-order valence-electron chi connectivity index (χ1n) is 7.68. The Hall–Kier alpha value is -0.830. The van der Waals surface area contributed by atoms with Crippen molar-refractivity contribution in [3.05, 3.63) is 35.9 Å². The number of halogens is 1. The summed E-state index contributed by atoms with van der Waals surface area (Å²) in [6, 6.07) is 10.4. The van der Waals surface area contributed by atoms with E-state index in [9.17, 15) is 4.79 Å². The fraction of sp³-hybridized carbons (Fsp3) is 0.588. The number of aryl methyl sites for hydroxylation is 1. The highest BCUT2D eigenvalue weighted by Gasteiger charge is 2.19. The molecular weight excluding hydrogens is 314 g/mol. The summed E-state index contributed by atoms with van der Waals surface area (Å²) >= 11 is 3.66. The van der Waals surface area contributed by atoms with Crippen LogP contribution in [0.25, 0.3) is 0 Å². The van der Waals surface area contributed by atoms with Gasteiger partial charge in [0.1, 0.15) is 0 Å². The van der Waals surface area contributed by atoms with Crippen molar-refractivity contribution in [1.82, 2.24) is 5.32 Å². The zero-order valence-electron chi connectivity index (χ0n) is 12.0. The molecule has 0 heterocycles. The smallest absolute Gasteiger partial charge is 0.220 e. The van der Waals surface area contributed by atoms with Crippen LogP contribution in [0.4, 0.5) is 0 Å². The number of rotatable bonds is 6. The van der Waals surface area contributed by atoms with E-state index in [1.807, 2.05) is 6.07 Å². The van der Waals surface area contributed by atoms with Gasteiger partial charge >= 0.3 is 0 Å². The molecule has 0 saturated heterocycles. The molecule has 2 nitrogen and oxygen atoms in total. The third-order valence-electron chi connectivity index (χ3n) is 4.08. The Morgan fingerprint density at radius 1 is 1.15 bits per heavy atom. The fourth-order valence-electron chi connectivity index (χ4n) is 2.77. The zero-order valence-corrected chi connectivity index (χ0v) is 13.6. The van der Waals surface area contributed by atoms with Crippen LogP contribution in [0.15, 0.2) is 30.3 Å². The molecule has 0 atom stereocenters. The SMILES string of the molecule is O=C(CCCc1ccccc1)NCC1CCC(Br)CC1. The standard InChI is InChI=1S/C17H24BrNO/c18-16-11-9-15(10-12-16)13-19-17(20)8-4-7-14-5-2-1-3-6-14/h1-3,5-6,15-16H,4,7-13H2,(H,19,20). The van der Waals surface area contributed by atoms with E-state index in [0.29, 0.717) is 17.2 Å². The highest BCUT2D eigenvalue weighted by Crippen LogP contribution is 2.28. The summed E-state index contributed by atoms with van der Waals surface area (Å²) in [6.45, 7) is 0.865. The van der Waals surface area contributed by atoms with Gasteiger partial charge in [0.15, 0.2) is 0 Å². The first-order chi connectivity index (χ1) is 9.74. The fourth-order valence-corrected chi connectivity index (χ4v) is 3.30. The molecule has 1 aliphatic carbocycles. The van der Waals surface area contributed by atoms with Crippen molar-refractivity contribution in [1.29, 1.82) is 0 Å². The lowest BCUT2D eigenvalue weighted by atomic mass is 9.89. The highest BCUT2D eigenvalue weighted by atomic mass is 79.9. The van der Waals surface area contributed by atoms with E-state index >= 15 is 0 Å². The maximum atomic E-state index is 11.8. The van der Waals surface area contributed by atoms with Crippen molar-refractivity contribution in [2.45, 2.75) is 49.8 Å². The van der Waals surface area contributed by atoms with Crippen molar-refractivity contribution in [3.8, 4) is 0 Å². The second kappa shape index (κ2) is 8.46. The van der Waals surface area contributed by atoms with Gasteiger partial charge in [-0.05, 0) is 50.0 Å². The van der Waals surface area contributed by atoms with E-state index in [0.717, 1.165) is 19.4 Å². The maximum absolute atomic E-state index is 11.8. The van der Waals surface area contributed by atoms with Crippen LogP contribution < -0.4 is 5.32 Å². The van der Waals surface area contributed by atoms with Gasteiger partial charge in [-0.15, -0.1) is 0 Å². The molecule has 0 radical (unpaired) electrons. The largest absolute Gasteiger partial charge is 0.356 e. The predicted molar refractivity (Wildman–Crippen MR) is 87.1 cm³/mol. The Balaban J connectivity index is 1.56. The van der Waals surface area contributed by atoms with Gasteiger partial charge in [0.2, 0.25) is 5.91 Å². The van der Waals surface area contributed by atoms with Gasteiger partial charge in [-0.1, -0.05) is 46.3 Å². The summed E-state index contributed by atoms with van der Waals surface area (Å²) in [4.78, 5) is 12.5. The monoisotopic (exact) mass is 337 g/mol. The van der Waals surface area contributed by atoms with E-state index in [1.165, 1.54) is 31.2 Å². The van der Waals surface area contributed by atoms with Crippen molar-refractivity contribution in [2.75, 3.05) is 6.54 Å². The van der Waals surface area contributed by atoms with Gasteiger partial charge in [0.25, 0.3) is 0 Å². The molecule has 1 amide bonds. The molecule has 1 aliphatic rings. The quantitative estimate of drug-likeness (QED) is 0.778. The lowest BCUT2D eigenvalue weighted by Crippen LogP contribution is -2.31. The summed E-state index contributed by atoms with van der Waals surface area (Å²) in [6.07, 6.45) is 7.53. The molecule has 0 spiro atoms. The molecule has 0 unspecified atom stereocenters. The average Bonchev–Trinajstić information content (AvgIpc) is 2.48. The van der Waals surface area contributed by atoms with Gasteiger partial charge in [0.05, 0.1) is 0 Å². The van der Waals surface area contributed by atoms with Crippen LogP contribution in [0.5, 0.6) is 0 Å². The topological polar surface area (TPSA) is 29.1 Å². The molecule has 0 aromatic heterocycles. The van der Waals surface area contributed by atoms with Crippen molar-refractivity contribution >= 4 is 21.8 Å². The molecule has 110 valence electrons. The lowest BCUT2D eigenvalue weighted by Gasteiger charge is -2.25. The average molecular weight is 338 g/mol. The van der Waals surface area contributed by atoms with E-state index in [1.54, 1.807) is 0 Å². The number of carbonyl (C=O) groups is 1. The Bertz CT molecular complexity index is 399. The summed E-state index contributed by atoms with van der Waals surface area (Å²) in [5.41, 5.74) is 1.32. The number of alkyl halides is 1. The minimum Gasteiger partial charge on any atom is -0.356 e. The minimum absolute atomic E-state index is 0.210. The van der Waals surface area contributed by atoms with Gasteiger partial charge in [-0.25, -0.2) is 0 Å². The normalized spacial score (nSPS) is 22.4. The van der Waals surface area contributed by atoms with E-state index in [2.05, 4.69) is 45.5 Å². The molecular formula is C17H24BrNO. The predicted octanol–water partition coefficient (Wildman–Crippen LogP) is 4.08. The van der Waals surface area contributed by atoms with Crippen LogP contribution in [0.1, 0.15) is 44.1 Å². The van der Waals surface area contributed by atoms with Crippen LogP contribution in [0.2, 0.25) is 0 Å². The molecule has 0 bridgehead atoms. The zero-order chi connectivity index (χ0) is 14.2. The van der Waals surface area contributed by atoms with Gasteiger partial charge in [-0.3, -0.25) is 4.79 Å².